The van der Waals surface area contributed by atoms with E-state index in [1.807, 2.05) is 0 Å². The lowest BCUT2D eigenvalue weighted by molar-refractivity contribution is -0.139. The Hall–Kier alpha value is -1.80. The fourth-order valence-corrected chi connectivity index (χ4v) is 2.87. The molecule has 0 saturated carbocycles. The third-order valence-electron chi connectivity index (χ3n) is 4.18. The molecule has 26 heavy (non-hydrogen) atoms. The minimum absolute atomic E-state index is 0. The molecule has 1 aromatic rings. The molecule has 0 radical (unpaired) electrons. The summed E-state index contributed by atoms with van der Waals surface area (Å²) in [6.07, 6.45) is -2.92. The van der Waals surface area contributed by atoms with Gasteiger partial charge in [0.05, 0.1) is 23.7 Å². The topological polar surface area (TPSA) is 61.4 Å². The molecule has 0 aliphatic carbocycles. The van der Waals surface area contributed by atoms with Gasteiger partial charge in [-0.1, -0.05) is 12.1 Å². The highest BCUT2D eigenvalue weighted by Crippen LogP contribution is 2.34. The third kappa shape index (κ3) is 5.88. The van der Waals surface area contributed by atoms with Crippen LogP contribution in [0.25, 0.3) is 0 Å². The van der Waals surface area contributed by atoms with Crippen LogP contribution in [0.15, 0.2) is 24.3 Å². The Morgan fingerprint density at radius 2 is 2.00 bits per heavy atom. The van der Waals surface area contributed by atoms with Crippen LogP contribution in [0, 0.1) is 5.92 Å². The summed E-state index contributed by atoms with van der Waals surface area (Å²) in [5.74, 6) is -0.978. The standard InChI is InChI=1S/C17H22F3N3O2.ClH/c1-2-23(16(25)12-6-5-9-21-10-12)11-15(24)22-14-8-4-3-7-13(14)17(18,19)20;/h3-4,7-8,12,21H,2,5-6,9-11H2,1H3,(H,22,24);1H. The van der Waals surface area contributed by atoms with Gasteiger partial charge in [0.15, 0.2) is 0 Å². The Labute approximate surface area is 156 Å². The third-order valence-corrected chi connectivity index (χ3v) is 4.18. The molecule has 2 N–H and O–H groups in total. The Kier molecular flexibility index (Phi) is 8.36. The van der Waals surface area contributed by atoms with Gasteiger partial charge in [-0.05, 0) is 38.4 Å². The molecule has 5 nitrogen and oxygen atoms in total. The minimum Gasteiger partial charge on any atom is -0.333 e. The highest BCUT2D eigenvalue weighted by molar-refractivity contribution is 5.95. The highest BCUT2D eigenvalue weighted by atomic mass is 35.5. The maximum atomic E-state index is 13.0. The molecule has 1 aliphatic heterocycles. The van der Waals surface area contributed by atoms with E-state index in [4.69, 9.17) is 0 Å². The lowest BCUT2D eigenvalue weighted by Crippen LogP contribution is -2.45. The maximum absolute atomic E-state index is 13.0. The Morgan fingerprint density at radius 1 is 1.31 bits per heavy atom. The molecule has 1 atom stereocenters. The van der Waals surface area contributed by atoms with Crippen LogP contribution >= 0.6 is 12.4 Å². The van der Waals surface area contributed by atoms with Crippen molar-refractivity contribution in [2.75, 3.05) is 31.5 Å². The summed E-state index contributed by atoms with van der Waals surface area (Å²) in [4.78, 5) is 26.0. The summed E-state index contributed by atoms with van der Waals surface area (Å²) in [5, 5.41) is 5.41. The van der Waals surface area contributed by atoms with Gasteiger partial charge >= 0.3 is 6.18 Å². The summed E-state index contributed by atoms with van der Waals surface area (Å²) < 4.78 is 38.9. The van der Waals surface area contributed by atoms with E-state index in [1.54, 1.807) is 6.92 Å². The molecule has 0 bridgehead atoms. The first kappa shape index (κ1) is 22.2. The van der Waals surface area contributed by atoms with Crippen molar-refractivity contribution in [3.8, 4) is 0 Å². The molecule has 0 spiro atoms. The number of nitrogens with one attached hydrogen (secondary N) is 2. The average molecular weight is 394 g/mol. The normalized spacial score (nSPS) is 17.2. The van der Waals surface area contributed by atoms with Crippen LogP contribution in [0.5, 0.6) is 0 Å². The SMILES string of the molecule is CCN(CC(=O)Nc1ccccc1C(F)(F)F)C(=O)C1CCCNC1.Cl. The van der Waals surface area contributed by atoms with Gasteiger partial charge in [-0.15, -0.1) is 12.4 Å². The molecule has 2 amide bonds. The van der Waals surface area contributed by atoms with E-state index < -0.39 is 17.6 Å². The van der Waals surface area contributed by atoms with Gasteiger partial charge in [0.1, 0.15) is 0 Å². The van der Waals surface area contributed by atoms with Crippen molar-refractivity contribution in [2.45, 2.75) is 25.9 Å². The number of halogens is 4. The molecule has 1 aliphatic rings. The summed E-state index contributed by atoms with van der Waals surface area (Å²) >= 11 is 0. The first-order valence-electron chi connectivity index (χ1n) is 8.28. The van der Waals surface area contributed by atoms with Crippen molar-refractivity contribution in [3.05, 3.63) is 29.8 Å². The van der Waals surface area contributed by atoms with E-state index >= 15 is 0 Å². The molecular weight excluding hydrogens is 371 g/mol. The van der Waals surface area contributed by atoms with E-state index in [0.717, 1.165) is 25.5 Å². The Balaban J connectivity index is 0.00000338. The number of benzene rings is 1. The first-order chi connectivity index (χ1) is 11.8. The fraction of sp³-hybridized carbons (Fsp3) is 0.529. The van der Waals surface area contributed by atoms with Gasteiger partial charge in [0, 0.05) is 13.1 Å². The van der Waals surface area contributed by atoms with Crippen molar-refractivity contribution >= 4 is 29.9 Å². The van der Waals surface area contributed by atoms with E-state index in [2.05, 4.69) is 10.6 Å². The quantitative estimate of drug-likeness (QED) is 0.808. The Morgan fingerprint density at radius 3 is 2.58 bits per heavy atom. The highest BCUT2D eigenvalue weighted by Gasteiger charge is 2.34. The molecule has 9 heteroatoms. The largest absolute Gasteiger partial charge is 0.418 e. The van der Waals surface area contributed by atoms with Gasteiger partial charge in [0.2, 0.25) is 11.8 Å². The average Bonchev–Trinajstić information content (AvgIpc) is 2.59. The van der Waals surface area contributed by atoms with E-state index in [0.29, 0.717) is 13.1 Å². The van der Waals surface area contributed by atoms with Crippen molar-refractivity contribution < 1.29 is 22.8 Å². The zero-order chi connectivity index (χ0) is 18.4. The van der Waals surface area contributed by atoms with Gasteiger partial charge in [-0.3, -0.25) is 9.59 Å². The summed E-state index contributed by atoms with van der Waals surface area (Å²) in [6.45, 7) is 3.23. The number of rotatable bonds is 5. The second-order valence-corrected chi connectivity index (χ2v) is 5.99. The van der Waals surface area contributed by atoms with Crippen LogP contribution in [0.4, 0.5) is 18.9 Å². The number of carbonyl (C=O) groups is 2. The van der Waals surface area contributed by atoms with Crippen molar-refractivity contribution in [2.24, 2.45) is 5.92 Å². The van der Waals surface area contributed by atoms with Gasteiger partial charge < -0.3 is 15.5 Å². The molecule has 1 heterocycles. The van der Waals surface area contributed by atoms with Gasteiger partial charge in [-0.2, -0.15) is 13.2 Å². The molecule has 2 rings (SSSR count). The number of piperidine rings is 1. The summed E-state index contributed by atoms with van der Waals surface area (Å²) in [7, 11) is 0. The van der Waals surface area contributed by atoms with Gasteiger partial charge in [-0.25, -0.2) is 0 Å². The monoisotopic (exact) mass is 393 g/mol. The van der Waals surface area contributed by atoms with Crippen molar-refractivity contribution in [3.63, 3.8) is 0 Å². The lowest BCUT2D eigenvalue weighted by Gasteiger charge is -2.28. The number of amides is 2. The summed E-state index contributed by atoms with van der Waals surface area (Å²) in [6, 6.07) is 4.79. The Bertz CT molecular complexity index is 620. The number of nitrogens with zero attached hydrogens (tertiary/aromatic N) is 1. The zero-order valence-electron chi connectivity index (χ0n) is 14.4. The predicted molar refractivity (Wildman–Crippen MR) is 95.2 cm³/mol. The van der Waals surface area contributed by atoms with E-state index in [1.165, 1.54) is 23.1 Å². The predicted octanol–water partition coefficient (Wildman–Crippen LogP) is 2.91. The van der Waals surface area contributed by atoms with Crippen LogP contribution < -0.4 is 10.6 Å². The molecule has 1 aromatic carbocycles. The number of carbonyl (C=O) groups excluding carboxylic acids is 2. The first-order valence-corrected chi connectivity index (χ1v) is 8.28. The molecule has 1 fully saturated rings. The lowest BCUT2D eigenvalue weighted by atomic mass is 9.98. The molecule has 1 saturated heterocycles. The van der Waals surface area contributed by atoms with Gasteiger partial charge in [0.25, 0.3) is 0 Å². The fourth-order valence-electron chi connectivity index (χ4n) is 2.87. The second-order valence-electron chi connectivity index (χ2n) is 5.99. The second kappa shape index (κ2) is 9.78. The number of anilines is 1. The van der Waals surface area contributed by atoms with Crippen LogP contribution in [-0.4, -0.2) is 42.9 Å². The summed E-state index contributed by atoms with van der Waals surface area (Å²) in [5.41, 5.74) is -1.21. The van der Waals surface area contributed by atoms with E-state index in [9.17, 15) is 22.8 Å². The number of para-hydroxylation sites is 1. The number of hydrogen-bond acceptors (Lipinski definition) is 3. The minimum atomic E-state index is -4.56. The number of likely N-dealkylation sites (N-methyl/N-ethyl adjacent to an activating group) is 1. The van der Waals surface area contributed by atoms with Crippen LogP contribution in [0.2, 0.25) is 0 Å². The smallest absolute Gasteiger partial charge is 0.333 e. The zero-order valence-corrected chi connectivity index (χ0v) is 15.3. The van der Waals surface area contributed by atoms with Crippen molar-refractivity contribution in [1.29, 1.82) is 0 Å². The van der Waals surface area contributed by atoms with E-state index in [-0.39, 0.29) is 36.5 Å². The molecule has 0 aromatic heterocycles. The van der Waals surface area contributed by atoms with Crippen molar-refractivity contribution in [1.82, 2.24) is 10.2 Å². The van der Waals surface area contributed by atoms with Crippen LogP contribution in [-0.2, 0) is 15.8 Å². The number of alkyl halides is 3. The molecule has 146 valence electrons. The maximum Gasteiger partial charge on any atom is 0.418 e. The van der Waals surface area contributed by atoms with Crippen LogP contribution in [0.1, 0.15) is 25.3 Å². The molecular formula is C17H23ClF3N3O2. The number of hydrogen-bond donors (Lipinski definition) is 2. The van der Waals surface area contributed by atoms with Crippen LogP contribution in [0.3, 0.4) is 0 Å². The molecule has 1 unspecified atom stereocenters.